The molecule has 1 saturated heterocycles. The van der Waals surface area contributed by atoms with Crippen molar-refractivity contribution in [1.29, 1.82) is 0 Å². The highest BCUT2D eigenvalue weighted by atomic mass is 35.5. The van der Waals surface area contributed by atoms with Crippen molar-refractivity contribution in [1.82, 2.24) is 14.9 Å². The fraction of sp³-hybridized carbons (Fsp3) is 0.500. The standard InChI is InChI=1S/C14H19Cl2N3O3S/c1-10-9-17-7-8-19(10)13(20)5-6-18-23(21,22)14-11(15)3-2-4-12(14)16/h2-4,10,17-18H,5-9H2,1H3/t10-/m1/s1. The summed E-state index contributed by atoms with van der Waals surface area (Å²) in [6.45, 7) is 4.07. The fourth-order valence-corrected chi connectivity index (χ4v) is 4.63. The lowest BCUT2D eigenvalue weighted by molar-refractivity contribution is -0.133. The van der Waals surface area contributed by atoms with Crippen molar-refractivity contribution in [3.8, 4) is 0 Å². The van der Waals surface area contributed by atoms with Crippen molar-refractivity contribution in [3.63, 3.8) is 0 Å². The summed E-state index contributed by atoms with van der Waals surface area (Å²) in [4.78, 5) is 13.8. The van der Waals surface area contributed by atoms with Crippen LogP contribution in [-0.4, -0.2) is 51.4 Å². The van der Waals surface area contributed by atoms with Gasteiger partial charge in [-0.15, -0.1) is 0 Å². The van der Waals surface area contributed by atoms with Crippen LogP contribution in [0, 0.1) is 0 Å². The van der Waals surface area contributed by atoms with E-state index in [4.69, 9.17) is 23.2 Å². The summed E-state index contributed by atoms with van der Waals surface area (Å²) in [6.07, 6.45) is 0.0889. The molecule has 0 saturated carbocycles. The van der Waals surface area contributed by atoms with Crippen molar-refractivity contribution >= 4 is 39.1 Å². The highest BCUT2D eigenvalue weighted by Gasteiger charge is 2.24. The summed E-state index contributed by atoms with van der Waals surface area (Å²) < 4.78 is 26.9. The van der Waals surface area contributed by atoms with Gasteiger partial charge < -0.3 is 10.2 Å². The summed E-state index contributed by atoms with van der Waals surface area (Å²) in [7, 11) is -3.86. The van der Waals surface area contributed by atoms with Crippen molar-refractivity contribution in [2.24, 2.45) is 0 Å². The molecule has 0 aliphatic carbocycles. The van der Waals surface area contributed by atoms with Gasteiger partial charge in [0.15, 0.2) is 0 Å². The van der Waals surface area contributed by atoms with E-state index >= 15 is 0 Å². The number of rotatable bonds is 5. The Kier molecular flexibility index (Phi) is 6.27. The first-order valence-corrected chi connectivity index (χ1v) is 9.50. The normalized spacial score (nSPS) is 18.9. The van der Waals surface area contributed by atoms with Crippen LogP contribution in [-0.2, 0) is 14.8 Å². The fourth-order valence-electron chi connectivity index (χ4n) is 2.46. The van der Waals surface area contributed by atoms with E-state index in [9.17, 15) is 13.2 Å². The van der Waals surface area contributed by atoms with Crippen LogP contribution in [0.3, 0.4) is 0 Å². The summed E-state index contributed by atoms with van der Waals surface area (Å²) in [5.41, 5.74) is 0. The zero-order valence-corrected chi connectivity index (χ0v) is 15.0. The van der Waals surface area contributed by atoms with Crippen LogP contribution in [0.15, 0.2) is 23.1 Å². The molecule has 9 heteroatoms. The van der Waals surface area contributed by atoms with Crippen LogP contribution in [0.4, 0.5) is 0 Å². The molecule has 23 heavy (non-hydrogen) atoms. The number of hydrogen-bond donors (Lipinski definition) is 2. The second kappa shape index (κ2) is 7.81. The Morgan fingerprint density at radius 2 is 2.04 bits per heavy atom. The minimum absolute atomic E-state index is 0.000628. The number of amides is 1. The quantitative estimate of drug-likeness (QED) is 0.811. The predicted molar refractivity (Wildman–Crippen MR) is 90.3 cm³/mol. The van der Waals surface area contributed by atoms with E-state index in [1.165, 1.54) is 12.1 Å². The molecule has 0 radical (unpaired) electrons. The Bertz CT molecular complexity index is 662. The number of nitrogens with zero attached hydrogens (tertiary/aromatic N) is 1. The Morgan fingerprint density at radius 3 is 2.65 bits per heavy atom. The number of nitrogens with one attached hydrogen (secondary N) is 2. The SMILES string of the molecule is C[C@@H]1CNCCN1C(=O)CCNS(=O)(=O)c1c(Cl)cccc1Cl. The lowest BCUT2D eigenvalue weighted by atomic mass is 10.2. The molecule has 1 fully saturated rings. The van der Waals surface area contributed by atoms with Gasteiger partial charge >= 0.3 is 0 Å². The average Bonchev–Trinajstić information content (AvgIpc) is 2.46. The third-order valence-electron chi connectivity index (χ3n) is 3.64. The first-order valence-electron chi connectivity index (χ1n) is 7.27. The van der Waals surface area contributed by atoms with Gasteiger partial charge in [0, 0.05) is 38.6 Å². The van der Waals surface area contributed by atoms with E-state index in [0.29, 0.717) is 6.54 Å². The molecule has 2 N–H and O–H groups in total. The van der Waals surface area contributed by atoms with E-state index in [2.05, 4.69) is 10.0 Å². The van der Waals surface area contributed by atoms with Gasteiger partial charge in [-0.3, -0.25) is 4.79 Å². The molecule has 1 aliphatic rings. The Labute approximate surface area is 146 Å². The van der Waals surface area contributed by atoms with E-state index in [1.807, 2.05) is 6.92 Å². The second-order valence-electron chi connectivity index (χ2n) is 5.34. The molecule has 128 valence electrons. The third kappa shape index (κ3) is 4.58. The molecule has 1 atom stereocenters. The maximum atomic E-state index is 12.3. The molecule has 0 unspecified atom stereocenters. The summed E-state index contributed by atoms with van der Waals surface area (Å²) >= 11 is 11.8. The molecule has 1 heterocycles. The van der Waals surface area contributed by atoms with Crippen LogP contribution in [0.2, 0.25) is 10.0 Å². The molecular formula is C14H19Cl2N3O3S. The van der Waals surface area contributed by atoms with Crippen LogP contribution < -0.4 is 10.0 Å². The average molecular weight is 380 g/mol. The Hall–Kier alpha value is -0.860. The molecule has 1 aromatic rings. The largest absolute Gasteiger partial charge is 0.337 e. The van der Waals surface area contributed by atoms with E-state index in [-0.39, 0.29) is 39.9 Å². The number of sulfonamides is 1. The summed E-state index contributed by atoms with van der Waals surface area (Å²) in [6, 6.07) is 4.58. The van der Waals surface area contributed by atoms with Crippen LogP contribution in [0.1, 0.15) is 13.3 Å². The Balaban J connectivity index is 1.96. The molecule has 0 bridgehead atoms. The molecule has 1 aliphatic heterocycles. The molecule has 0 aromatic heterocycles. The zero-order valence-electron chi connectivity index (χ0n) is 12.7. The van der Waals surface area contributed by atoms with Crippen molar-refractivity contribution < 1.29 is 13.2 Å². The van der Waals surface area contributed by atoms with Crippen LogP contribution >= 0.6 is 23.2 Å². The van der Waals surface area contributed by atoms with Gasteiger partial charge in [-0.1, -0.05) is 29.3 Å². The van der Waals surface area contributed by atoms with Crippen LogP contribution in [0.25, 0.3) is 0 Å². The second-order valence-corrected chi connectivity index (χ2v) is 7.86. The smallest absolute Gasteiger partial charge is 0.243 e. The van der Waals surface area contributed by atoms with Crippen molar-refractivity contribution in [2.75, 3.05) is 26.2 Å². The Morgan fingerprint density at radius 1 is 1.39 bits per heavy atom. The molecule has 0 spiro atoms. The lowest BCUT2D eigenvalue weighted by Crippen LogP contribution is -2.52. The van der Waals surface area contributed by atoms with Gasteiger partial charge in [0.05, 0.1) is 10.0 Å². The van der Waals surface area contributed by atoms with Gasteiger partial charge in [-0.2, -0.15) is 0 Å². The minimum atomic E-state index is -3.86. The first-order chi connectivity index (χ1) is 10.8. The van der Waals surface area contributed by atoms with Gasteiger partial charge in [0.1, 0.15) is 4.90 Å². The number of carbonyl (C=O) groups excluding carboxylic acids is 1. The topological polar surface area (TPSA) is 78.5 Å². The number of hydrogen-bond acceptors (Lipinski definition) is 4. The lowest BCUT2D eigenvalue weighted by Gasteiger charge is -2.34. The number of halogens is 2. The summed E-state index contributed by atoms with van der Waals surface area (Å²) in [5.74, 6) is -0.0769. The maximum Gasteiger partial charge on any atom is 0.243 e. The molecule has 1 amide bonds. The molecule has 1 aromatic carbocycles. The summed E-state index contributed by atoms with van der Waals surface area (Å²) in [5, 5.41) is 3.30. The maximum absolute atomic E-state index is 12.3. The predicted octanol–water partition coefficient (Wildman–Crippen LogP) is 1.48. The number of carbonyl (C=O) groups is 1. The van der Waals surface area contributed by atoms with Gasteiger partial charge in [-0.25, -0.2) is 13.1 Å². The van der Waals surface area contributed by atoms with Gasteiger partial charge in [0.25, 0.3) is 0 Å². The van der Waals surface area contributed by atoms with E-state index in [1.54, 1.807) is 11.0 Å². The molecular weight excluding hydrogens is 361 g/mol. The first kappa shape index (κ1) is 18.5. The number of piperazine rings is 1. The van der Waals surface area contributed by atoms with Crippen LogP contribution in [0.5, 0.6) is 0 Å². The van der Waals surface area contributed by atoms with Gasteiger partial charge in [0.2, 0.25) is 15.9 Å². The monoisotopic (exact) mass is 379 g/mol. The molecule has 6 nitrogen and oxygen atoms in total. The highest BCUT2D eigenvalue weighted by Crippen LogP contribution is 2.28. The number of benzene rings is 1. The van der Waals surface area contributed by atoms with Gasteiger partial charge in [-0.05, 0) is 19.1 Å². The third-order valence-corrected chi connectivity index (χ3v) is 6.06. The molecule has 2 rings (SSSR count). The van der Waals surface area contributed by atoms with E-state index < -0.39 is 10.0 Å². The highest BCUT2D eigenvalue weighted by molar-refractivity contribution is 7.89. The minimum Gasteiger partial charge on any atom is -0.337 e. The van der Waals surface area contributed by atoms with Crippen molar-refractivity contribution in [3.05, 3.63) is 28.2 Å². The van der Waals surface area contributed by atoms with Crippen molar-refractivity contribution in [2.45, 2.75) is 24.3 Å². The zero-order chi connectivity index (χ0) is 17.0. The van der Waals surface area contributed by atoms with E-state index in [0.717, 1.165) is 13.1 Å².